The van der Waals surface area contributed by atoms with Gasteiger partial charge in [-0.15, -0.1) is 0 Å². The number of hydrogen-bond donors (Lipinski definition) is 0. The van der Waals surface area contributed by atoms with E-state index < -0.39 is 0 Å². The van der Waals surface area contributed by atoms with Gasteiger partial charge in [0, 0.05) is 38.2 Å². The molecular formula is C22H24Cl2N2O3. The molecule has 1 heterocycles. The SMILES string of the molecule is COc1c(Cl)cc(C(=O)N2CCN(C(=O)CCCc3ccccc3)CC2)cc1Cl. The number of piperazine rings is 1. The molecule has 0 bridgehead atoms. The first-order chi connectivity index (χ1) is 14.0. The van der Waals surface area contributed by atoms with E-state index in [2.05, 4.69) is 12.1 Å². The molecule has 1 aliphatic heterocycles. The lowest BCUT2D eigenvalue weighted by Crippen LogP contribution is -2.50. The van der Waals surface area contributed by atoms with Crippen molar-refractivity contribution in [2.75, 3.05) is 33.3 Å². The number of ether oxygens (including phenoxy) is 1. The minimum atomic E-state index is -0.146. The van der Waals surface area contributed by atoms with Crippen LogP contribution in [0.5, 0.6) is 5.75 Å². The van der Waals surface area contributed by atoms with E-state index in [0.717, 1.165) is 12.8 Å². The van der Waals surface area contributed by atoms with Gasteiger partial charge in [0.15, 0.2) is 5.75 Å². The normalized spacial score (nSPS) is 14.0. The van der Waals surface area contributed by atoms with Gasteiger partial charge in [-0.3, -0.25) is 9.59 Å². The molecule has 0 saturated carbocycles. The van der Waals surface area contributed by atoms with E-state index in [0.29, 0.717) is 54.0 Å². The van der Waals surface area contributed by atoms with Gasteiger partial charge in [-0.05, 0) is 30.5 Å². The summed E-state index contributed by atoms with van der Waals surface area (Å²) < 4.78 is 5.12. The molecule has 29 heavy (non-hydrogen) atoms. The van der Waals surface area contributed by atoms with Crippen LogP contribution in [-0.2, 0) is 11.2 Å². The molecule has 0 aromatic heterocycles. The van der Waals surface area contributed by atoms with Gasteiger partial charge in [0.1, 0.15) is 0 Å². The molecule has 0 radical (unpaired) electrons. The molecule has 154 valence electrons. The Balaban J connectivity index is 1.49. The molecule has 0 N–H and O–H groups in total. The number of amides is 2. The molecule has 2 aromatic rings. The third kappa shape index (κ3) is 5.43. The fourth-order valence-electron chi connectivity index (χ4n) is 3.47. The number of methoxy groups -OCH3 is 1. The lowest BCUT2D eigenvalue weighted by molar-refractivity contribution is -0.132. The van der Waals surface area contributed by atoms with Crippen LogP contribution in [0.15, 0.2) is 42.5 Å². The average molecular weight is 435 g/mol. The fraction of sp³-hybridized carbons (Fsp3) is 0.364. The van der Waals surface area contributed by atoms with Crippen molar-refractivity contribution in [3.05, 3.63) is 63.6 Å². The summed E-state index contributed by atoms with van der Waals surface area (Å²) in [6.45, 7) is 2.05. The van der Waals surface area contributed by atoms with Gasteiger partial charge in [-0.25, -0.2) is 0 Å². The zero-order chi connectivity index (χ0) is 20.8. The smallest absolute Gasteiger partial charge is 0.254 e. The zero-order valence-corrected chi connectivity index (χ0v) is 17.9. The Kier molecular flexibility index (Phi) is 7.40. The third-order valence-electron chi connectivity index (χ3n) is 5.07. The molecule has 0 unspecified atom stereocenters. The highest BCUT2D eigenvalue weighted by Crippen LogP contribution is 2.34. The van der Waals surface area contributed by atoms with Crippen LogP contribution in [0.25, 0.3) is 0 Å². The van der Waals surface area contributed by atoms with Crippen molar-refractivity contribution in [1.29, 1.82) is 0 Å². The maximum atomic E-state index is 12.8. The molecule has 0 aliphatic carbocycles. The summed E-state index contributed by atoms with van der Waals surface area (Å²) >= 11 is 12.3. The van der Waals surface area contributed by atoms with Crippen LogP contribution in [0.2, 0.25) is 10.0 Å². The fourth-order valence-corrected chi connectivity index (χ4v) is 4.11. The molecular weight excluding hydrogens is 411 g/mol. The Bertz CT molecular complexity index is 843. The molecule has 0 atom stereocenters. The van der Waals surface area contributed by atoms with E-state index in [1.54, 1.807) is 17.0 Å². The minimum absolute atomic E-state index is 0.142. The quantitative estimate of drug-likeness (QED) is 0.680. The summed E-state index contributed by atoms with van der Waals surface area (Å²) in [6.07, 6.45) is 2.24. The number of benzene rings is 2. The largest absolute Gasteiger partial charge is 0.494 e. The number of halogens is 2. The van der Waals surface area contributed by atoms with Crippen molar-refractivity contribution < 1.29 is 14.3 Å². The Morgan fingerprint density at radius 1 is 0.966 bits per heavy atom. The van der Waals surface area contributed by atoms with Gasteiger partial charge in [0.05, 0.1) is 17.2 Å². The summed E-state index contributed by atoms with van der Waals surface area (Å²) in [6, 6.07) is 13.3. The number of rotatable bonds is 6. The Labute approximate surface area is 181 Å². The van der Waals surface area contributed by atoms with Crippen molar-refractivity contribution in [1.82, 2.24) is 9.80 Å². The van der Waals surface area contributed by atoms with Crippen LogP contribution < -0.4 is 4.74 Å². The molecule has 2 amide bonds. The third-order valence-corrected chi connectivity index (χ3v) is 5.63. The number of nitrogens with zero attached hydrogens (tertiary/aromatic N) is 2. The molecule has 1 fully saturated rings. The van der Waals surface area contributed by atoms with E-state index in [4.69, 9.17) is 27.9 Å². The summed E-state index contributed by atoms with van der Waals surface area (Å²) in [7, 11) is 1.48. The summed E-state index contributed by atoms with van der Waals surface area (Å²) in [4.78, 5) is 28.8. The molecule has 7 heteroatoms. The van der Waals surface area contributed by atoms with Crippen molar-refractivity contribution in [2.45, 2.75) is 19.3 Å². The van der Waals surface area contributed by atoms with E-state index in [1.165, 1.54) is 12.7 Å². The average Bonchev–Trinajstić information content (AvgIpc) is 2.74. The molecule has 0 spiro atoms. The first-order valence-electron chi connectivity index (χ1n) is 9.63. The van der Waals surface area contributed by atoms with Crippen molar-refractivity contribution in [3.63, 3.8) is 0 Å². The maximum absolute atomic E-state index is 12.8. The Hall–Kier alpha value is -2.24. The van der Waals surface area contributed by atoms with Crippen LogP contribution >= 0.6 is 23.2 Å². The predicted molar refractivity (Wildman–Crippen MR) is 115 cm³/mol. The number of carbonyl (C=O) groups excluding carboxylic acids is 2. The second-order valence-electron chi connectivity index (χ2n) is 6.99. The van der Waals surface area contributed by atoms with Gasteiger partial charge >= 0.3 is 0 Å². The van der Waals surface area contributed by atoms with E-state index in [-0.39, 0.29) is 11.8 Å². The molecule has 3 rings (SSSR count). The van der Waals surface area contributed by atoms with Crippen molar-refractivity contribution >= 4 is 35.0 Å². The Morgan fingerprint density at radius 3 is 2.14 bits per heavy atom. The van der Waals surface area contributed by atoms with Gasteiger partial charge in [0.2, 0.25) is 5.91 Å². The predicted octanol–water partition coefficient (Wildman–Crippen LogP) is 4.31. The van der Waals surface area contributed by atoms with Crippen LogP contribution in [0.3, 0.4) is 0 Å². The van der Waals surface area contributed by atoms with E-state index in [9.17, 15) is 9.59 Å². The highest BCUT2D eigenvalue weighted by molar-refractivity contribution is 6.37. The first-order valence-corrected chi connectivity index (χ1v) is 10.4. The highest BCUT2D eigenvalue weighted by atomic mass is 35.5. The van der Waals surface area contributed by atoms with Crippen LogP contribution in [0.1, 0.15) is 28.8 Å². The van der Waals surface area contributed by atoms with Crippen LogP contribution in [0, 0.1) is 0 Å². The molecule has 1 aliphatic rings. The van der Waals surface area contributed by atoms with E-state index >= 15 is 0 Å². The monoisotopic (exact) mass is 434 g/mol. The minimum Gasteiger partial charge on any atom is -0.494 e. The van der Waals surface area contributed by atoms with Crippen molar-refractivity contribution in [3.8, 4) is 5.75 Å². The summed E-state index contributed by atoms with van der Waals surface area (Å²) in [5.41, 5.74) is 1.66. The highest BCUT2D eigenvalue weighted by Gasteiger charge is 2.25. The number of carbonyl (C=O) groups is 2. The topological polar surface area (TPSA) is 49.9 Å². The number of hydrogen-bond acceptors (Lipinski definition) is 3. The molecule has 1 saturated heterocycles. The number of aryl methyl sites for hydroxylation is 1. The first kappa shape index (κ1) is 21.5. The van der Waals surface area contributed by atoms with E-state index in [1.807, 2.05) is 23.1 Å². The van der Waals surface area contributed by atoms with Gasteiger partial charge in [-0.2, -0.15) is 0 Å². The van der Waals surface area contributed by atoms with Crippen LogP contribution in [0.4, 0.5) is 0 Å². The zero-order valence-electron chi connectivity index (χ0n) is 16.4. The lowest BCUT2D eigenvalue weighted by Gasteiger charge is -2.35. The van der Waals surface area contributed by atoms with Crippen molar-refractivity contribution in [2.24, 2.45) is 0 Å². The van der Waals surface area contributed by atoms with Crippen LogP contribution in [-0.4, -0.2) is 54.9 Å². The standard InChI is InChI=1S/C22H24Cl2N2O3/c1-29-21-18(23)14-17(15-19(21)24)22(28)26-12-10-25(11-13-26)20(27)9-5-8-16-6-3-2-4-7-16/h2-4,6-7,14-15H,5,8-13H2,1H3. The Morgan fingerprint density at radius 2 is 1.55 bits per heavy atom. The molecule has 5 nitrogen and oxygen atoms in total. The van der Waals surface area contributed by atoms with Gasteiger partial charge < -0.3 is 14.5 Å². The molecule has 2 aromatic carbocycles. The van der Waals surface area contributed by atoms with Gasteiger partial charge in [0.25, 0.3) is 5.91 Å². The van der Waals surface area contributed by atoms with Gasteiger partial charge in [-0.1, -0.05) is 53.5 Å². The summed E-state index contributed by atoms with van der Waals surface area (Å²) in [5.74, 6) is 0.354. The second kappa shape index (κ2) is 9.99. The summed E-state index contributed by atoms with van der Waals surface area (Å²) in [5, 5.41) is 0.603. The second-order valence-corrected chi connectivity index (χ2v) is 7.80. The maximum Gasteiger partial charge on any atom is 0.254 e. The lowest BCUT2D eigenvalue weighted by atomic mass is 10.1.